The minimum atomic E-state index is -3.20. The summed E-state index contributed by atoms with van der Waals surface area (Å²) in [6.07, 6.45) is 1.21. The van der Waals surface area contributed by atoms with Crippen LogP contribution < -0.4 is 10.6 Å². The molecule has 1 aliphatic heterocycles. The second kappa shape index (κ2) is 7.69. The monoisotopic (exact) mass is 376 g/mol. The second-order valence-electron chi connectivity index (χ2n) is 6.63. The van der Waals surface area contributed by atoms with Crippen molar-refractivity contribution < 1.29 is 13.2 Å². The van der Waals surface area contributed by atoms with Gasteiger partial charge in [0.15, 0.2) is 15.7 Å². The Morgan fingerprint density at radius 2 is 2.00 bits per heavy atom. The minimum Gasteiger partial charge on any atom is -0.377 e. The molecule has 1 saturated heterocycles. The predicted octanol–water partition coefficient (Wildman–Crippen LogP) is 1.37. The number of aromatic nitrogens is 2. The SMILES string of the molecule is C[C@H]1COCCN1c1cc(CS(C)(=O)=O)nc(-c2ccc(CN)cc2)n1. The maximum absolute atomic E-state index is 11.8. The molecule has 0 spiro atoms. The lowest BCUT2D eigenvalue weighted by Gasteiger charge is -2.34. The molecule has 0 aliphatic carbocycles. The van der Waals surface area contributed by atoms with Gasteiger partial charge in [0, 0.05) is 31.0 Å². The van der Waals surface area contributed by atoms with Gasteiger partial charge >= 0.3 is 0 Å². The van der Waals surface area contributed by atoms with Crippen molar-refractivity contribution in [2.75, 3.05) is 30.9 Å². The number of morpholine rings is 1. The minimum absolute atomic E-state index is 0.116. The highest BCUT2D eigenvalue weighted by Crippen LogP contribution is 2.24. The van der Waals surface area contributed by atoms with Crippen LogP contribution in [0.25, 0.3) is 11.4 Å². The topological polar surface area (TPSA) is 98.4 Å². The van der Waals surface area contributed by atoms with Crippen LogP contribution in [-0.2, 0) is 26.9 Å². The van der Waals surface area contributed by atoms with E-state index in [9.17, 15) is 8.42 Å². The Bertz CT molecular complexity index is 869. The van der Waals surface area contributed by atoms with Gasteiger partial charge in [0.05, 0.1) is 30.7 Å². The summed E-state index contributed by atoms with van der Waals surface area (Å²) in [6.45, 7) is 4.48. The zero-order valence-electron chi connectivity index (χ0n) is 15.1. The molecule has 2 heterocycles. The second-order valence-corrected chi connectivity index (χ2v) is 8.77. The fraction of sp³-hybridized carbons (Fsp3) is 0.444. The molecule has 0 bridgehead atoms. The van der Waals surface area contributed by atoms with E-state index in [-0.39, 0.29) is 11.8 Å². The third kappa shape index (κ3) is 4.57. The first kappa shape index (κ1) is 18.8. The third-order valence-electron chi connectivity index (χ3n) is 4.29. The van der Waals surface area contributed by atoms with E-state index in [0.29, 0.717) is 37.8 Å². The zero-order valence-corrected chi connectivity index (χ0v) is 15.9. The van der Waals surface area contributed by atoms with E-state index in [4.69, 9.17) is 15.5 Å². The van der Waals surface area contributed by atoms with Crippen molar-refractivity contribution in [3.05, 3.63) is 41.6 Å². The molecule has 0 saturated carbocycles. The molecule has 3 rings (SSSR count). The van der Waals surface area contributed by atoms with Gasteiger partial charge in [-0.05, 0) is 12.5 Å². The molecule has 26 heavy (non-hydrogen) atoms. The van der Waals surface area contributed by atoms with Crippen LogP contribution in [0.4, 0.5) is 5.82 Å². The summed E-state index contributed by atoms with van der Waals surface area (Å²) in [7, 11) is -3.20. The van der Waals surface area contributed by atoms with Crippen molar-refractivity contribution in [2.24, 2.45) is 5.73 Å². The van der Waals surface area contributed by atoms with Crippen molar-refractivity contribution in [3.63, 3.8) is 0 Å². The van der Waals surface area contributed by atoms with Crippen LogP contribution in [0.2, 0.25) is 0 Å². The quantitative estimate of drug-likeness (QED) is 0.841. The summed E-state index contributed by atoms with van der Waals surface area (Å²) in [5.74, 6) is 1.13. The molecule has 2 aromatic rings. The van der Waals surface area contributed by atoms with Gasteiger partial charge in [0.1, 0.15) is 5.82 Å². The largest absolute Gasteiger partial charge is 0.377 e. The first-order valence-corrected chi connectivity index (χ1v) is 10.6. The van der Waals surface area contributed by atoms with E-state index < -0.39 is 9.84 Å². The molecule has 0 unspecified atom stereocenters. The molecule has 7 nitrogen and oxygen atoms in total. The average molecular weight is 376 g/mol. The van der Waals surface area contributed by atoms with Gasteiger partial charge in [-0.3, -0.25) is 0 Å². The molecular weight excluding hydrogens is 352 g/mol. The molecule has 2 N–H and O–H groups in total. The summed E-state index contributed by atoms with van der Waals surface area (Å²) in [5.41, 5.74) is 8.00. The summed E-state index contributed by atoms with van der Waals surface area (Å²) < 4.78 is 29.0. The lowest BCUT2D eigenvalue weighted by atomic mass is 10.1. The van der Waals surface area contributed by atoms with Crippen molar-refractivity contribution in [1.82, 2.24) is 9.97 Å². The Morgan fingerprint density at radius 3 is 2.62 bits per heavy atom. The summed E-state index contributed by atoms with van der Waals surface area (Å²) in [5, 5.41) is 0. The smallest absolute Gasteiger partial charge is 0.161 e. The van der Waals surface area contributed by atoms with Gasteiger partial charge in [0.25, 0.3) is 0 Å². The Balaban J connectivity index is 2.04. The van der Waals surface area contributed by atoms with E-state index >= 15 is 0 Å². The van der Waals surface area contributed by atoms with E-state index in [1.807, 2.05) is 24.3 Å². The third-order valence-corrected chi connectivity index (χ3v) is 5.11. The number of sulfone groups is 1. The lowest BCUT2D eigenvalue weighted by molar-refractivity contribution is 0.0985. The maximum atomic E-state index is 11.8. The molecule has 1 atom stereocenters. The Kier molecular flexibility index (Phi) is 5.55. The van der Waals surface area contributed by atoms with Crippen molar-refractivity contribution in [2.45, 2.75) is 25.3 Å². The number of rotatable bonds is 5. The Labute approximate surface area is 154 Å². The van der Waals surface area contributed by atoms with Crippen LogP contribution in [0.3, 0.4) is 0 Å². The Morgan fingerprint density at radius 1 is 1.27 bits per heavy atom. The number of nitrogens with zero attached hydrogens (tertiary/aromatic N) is 3. The van der Waals surface area contributed by atoms with Crippen LogP contribution in [0.15, 0.2) is 30.3 Å². The number of nitrogens with two attached hydrogens (primary N) is 1. The van der Waals surface area contributed by atoms with Crippen molar-refractivity contribution in [3.8, 4) is 11.4 Å². The lowest BCUT2D eigenvalue weighted by Crippen LogP contribution is -2.44. The predicted molar refractivity (Wildman–Crippen MR) is 102 cm³/mol. The summed E-state index contributed by atoms with van der Waals surface area (Å²) >= 11 is 0. The van der Waals surface area contributed by atoms with Crippen LogP contribution in [-0.4, -0.2) is 50.4 Å². The highest BCUT2D eigenvalue weighted by atomic mass is 32.2. The van der Waals surface area contributed by atoms with Crippen LogP contribution in [0.1, 0.15) is 18.2 Å². The van der Waals surface area contributed by atoms with E-state index in [1.54, 1.807) is 6.07 Å². The van der Waals surface area contributed by atoms with E-state index in [1.165, 1.54) is 6.26 Å². The fourth-order valence-corrected chi connectivity index (χ4v) is 3.64. The number of hydrogen-bond acceptors (Lipinski definition) is 7. The summed E-state index contributed by atoms with van der Waals surface area (Å²) in [4.78, 5) is 11.3. The molecule has 1 aromatic heterocycles. The first-order chi connectivity index (χ1) is 12.4. The molecule has 0 radical (unpaired) electrons. The average Bonchev–Trinajstić information content (AvgIpc) is 2.60. The molecule has 140 valence electrons. The highest BCUT2D eigenvalue weighted by Gasteiger charge is 2.22. The summed E-state index contributed by atoms with van der Waals surface area (Å²) in [6, 6.07) is 9.61. The fourth-order valence-electron chi connectivity index (χ4n) is 2.96. The first-order valence-electron chi connectivity index (χ1n) is 8.55. The highest BCUT2D eigenvalue weighted by molar-refractivity contribution is 7.89. The van der Waals surface area contributed by atoms with Crippen LogP contribution in [0.5, 0.6) is 0 Å². The molecule has 0 amide bonds. The number of ether oxygens (including phenoxy) is 1. The van der Waals surface area contributed by atoms with Crippen molar-refractivity contribution >= 4 is 15.7 Å². The molecule has 1 aromatic carbocycles. The molecule has 8 heteroatoms. The van der Waals surface area contributed by atoms with Crippen LogP contribution in [0, 0.1) is 0 Å². The van der Waals surface area contributed by atoms with Crippen LogP contribution >= 0.6 is 0 Å². The zero-order chi connectivity index (χ0) is 18.7. The number of anilines is 1. The number of benzene rings is 1. The molecule has 1 fully saturated rings. The maximum Gasteiger partial charge on any atom is 0.161 e. The van der Waals surface area contributed by atoms with Gasteiger partial charge in [-0.15, -0.1) is 0 Å². The number of hydrogen-bond donors (Lipinski definition) is 1. The van der Waals surface area contributed by atoms with Gasteiger partial charge in [-0.2, -0.15) is 0 Å². The standard InChI is InChI=1S/C18H24N4O3S/c1-13-11-25-8-7-22(13)17-9-16(12-26(2,23)24)20-18(21-17)15-5-3-14(10-19)4-6-15/h3-6,9,13H,7-8,10-12,19H2,1-2H3/t13-/m0/s1. The van der Waals surface area contributed by atoms with Gasteiger partial charge in [-0.25, -0.2) is 18.4 Å². The normalized spacial score (nSPS) is 18.1. The molecule has 1 aliphatic rings. The molecular formula is C18H24N4O3S. The van der Waals surface area contributed by atoms with E-state index in [2.05, 4.69) is 16.8 Å². The van der Waals surface area contributed by atoms with Crippen molar-refractivity contribution in [1.29, 1.82) is 0 Å². The Hall–Kier alpha value is -2.03. The van der Waals surface area contributed by atoms with Gasteiger partial charge < -0.3 is 15.4 Å². The van der Waals surface area contributed by atoms with Gasteiger partial charge in [-0.1, -0.05) is 24.3 Å². The van der Waals surface area contributed by atoms with Gasteiger partial charge in [0.2, 0.25) is 0 Å². The van der Waals surface area contributed by atoms with E-state index in [0.717, 1.165) is 16.9 Å².